The normalized spacial score (nSPS) is 14.5. The molecule has 0 radical (unpaired) electrons. The van der Waals surface area contributed by atoms with Crippen molar-refractivity contribution in [1.29, 1.82) is 0 Å². The third-order valence-corrected chi connectivity index (χ3v) is 5.16. The largest absolute Gasteiger partial charge is 0.368 e. The molecule has 0 aromatic heterocycles. The van der Waals surface area contributed by atoms with Gasteiger partial charge in [0.05, 0.1) is 0 Å². The van der Waals surface area contributed by atoms with Gasteiger partial charge in [-0.05, 0) is 43.3 Å². The maximum atomic E-state index is 12.6. The smallest absolute Gasteiger partial charge is 0.318 e. The molecule has 1 atom stereocenters. The zero-order chi connectivity index (χ0) is 22.4. The monoisotopic (exact) mass is 443 g/mol. The topological polar surface area (TPSA) is 93.8 Å². The molecule has 2 aromatic carbocycles. The Morgan fingerprint density at radius 2 is 1.58 bits per heavy atom. The van der Waals surface area contributed by atoms with Crippen LogP contribution in [0.5, 0.6) is 0 Å². The third kappa shape index (κ3) is 6.36. The summed E-state index contributed by atoms with van der Waals surface area (Å²) in [6.45, 7) is 5.51. The minimum atomic E-state index is -0.720. The Balaban J connectivity index is 1.49. The van der Waals surface area contributed by atoms with Crippen molar-refractivity contribution in [2.24, 2.45) is 0 Å². The van der Waals surface area contributed by atoms with Crippen molar-refractivity contribution >= 4 is 46.5 Å². The van der Waals surface area contributed by atoms with Crippen LogP contribution in [0, 0.1) is 0 Å². The summed E-state index contributed by atoms with van der Waals surface area (Å²) in [4.78, 5) is 40.1. The fourth-order valence-corrected chi connectivity index (χ4v) is 3.50. The summed E-state index contributed by atoms with van der Waals surface area (Å²) in [5.41, 5.74) is 2.15. The molecule has 1 fully saturated rings. The van der Waals surface area contributed by atoms with Crippen LogP contribution in [0.3, 0.4) is 0 Å². The van der Waals surface area contributed by atoms with Gasteiger partial charge in [-0.1, -0.05) is 23.7 Å². The highest BCUT2D eigenvalue weighted by atomic mass is 35.5. The molecular formula is C22H26ClN5O3. The zero-order valence-electron chi connectivity index (χ0n) is 17.5. The van der Waals surface area contributed by atoms with Gasteiger partial charge in [-0.15, -0.1) is 0 Å². The summed E-state index contributed by atoms with van der Waals surface area (Å²) in [6, 6.07) is 13.5. The van der Waals surface area contributed by atoms with Crippen LogP contribution in [0.1, 0.15) is 13.8 Å². The maximum Gasteiger partial charge on any atom is 0.318 e. The second-order valence-electron chi connectivity index (χ2n) is 7.38. The highest BCUT2D eigenvalue weighted by Gasteiger charge is 2.24. The number of nitrogens with one attached hydrogen (secondary N) is 3. The highest BCUT2D eigenvalue weighted by Crippen LogP contribution is 2.21. The van der Waals surface area contributed by atoms with Crippen LogP contribution in [0.4, 0.5) is 21.9 Å². The van der Waals surface area contributed by atoms with E-state index in [1.165, 1.54) is 6.92 Å². The molecule has 1 aliphatic rings. The molecule has 0 aliphatic carbocycles. The third-order valence-electron chi connectivity index (χ3n) is 4.92. The summed E-state index contributed by atoms with van der Waals surface area (Å²) in [7, 11) is 0. The Hall–Kier alpha value is -3.26. The Morgan fingerprint density at radius 3 is 2.23 bits per heavy atom. The number of hydrogen-bond acceptors (Lipinski definition) is 4. The van der Waals surface area contributed by atoms with Crippen LogP contribution in [0.15, 0.2) is 48.5 Å². The lowest BCUT2D eigenvalue weighted by Crippen LogP contribution is -2.54. The van der Waals surface area contributed by atoms with Gasteiger partial charge in [0.15, 0.2) is 0 Å². The predicted octanol–water partition coefficient (Wildman–Crippen LogP) is 3.16. The van der Waals surface area contributed by atoms with Crippen LogP contribution in [-0.2, 0) is 9.59 Å². The second-order valence-corrected chi connectivity index (χ2v) is 7.81. The number of carbonyl (C=O) groups is 3. The van der Waals surface area contributed by atoms with E-state index in [1.54, 1.807) is 36.1 Å². The number of amides is 4. The van der Waals surface area contributed by atoms with Gasteiger partial charge in [0.25, 0.3) is 0 Å². The summed E-state index contributed by atoms with van der Waals surface area (Å²) in [5.74, 6) is -0.537. The van der Waals surface area contributed by atoms with Gasteiger partial charge in [-0.2, -0.15) is 0 Å². The summed E-state index contributed by atoms with van der Waals surface area (Å²) >= 11 is 6.06. The van der Waals surface area contributed by atoms with E-state index in [2.05, 4.69) is 20.9 Å². The summed E-state index contributed by atoms with van der Waals surface area (Å²) < 4.78 is 0. The fraction of sp³-hybridized carbons (Fsp3) is 0.318. The molecule has 0 bridgehead atoms. The molecule has 1 saturated heterocycles. The van der Waals surface area contributed by atoms with E-state index in [4.69, 9.17) is 11.6 Å². The first-order chi connectivity index (χ1) is 14.8. The molecule has 0 saturated carbocycles. The lowest BCUT2D eigenvalue weighted by molar-refractivity contribution is -0.117. The summed E-state index contributed by atoms with van der Waals surface area (Å²) in [5, 5.41) is 8.84. The molecule has 164 valence electrons. The van der Waals surface area contributed by atoms with Crippen molar-refractivity contribution in [3.8, 4) is 0 Å². The Bertz CT molecular complexity index is 960. The number of benzene rings is 2. The molecular weight excluding hydrogens is 418 g/mol. The van der Waals surface area contributed by atoms with Gasteiger partial charge in [0.2, 0.25) is 11.8 Å². The Morgan fingerprint density at radius 1 is 0.935 bits per heavy atom. The highest BCUT2D eigenvalue weighted by molar-refractivity contribution is 6.30. The Kier molecular flexibility index (Phi) is 7.36. The van der Waals surface area contributed by atoms with E-state index in [9.17, 15) is 14.4 Å². The van der Waals surface area contributed by atoms with E-state index in [0.29, 0.717) is 42.6 Å². The van der Waals surface area contributed by atoms with Gasteiger partial charge >= 0.3 is 6.03 Å². The van der Waals surface area contributed by atoms with Crippen LogP contribution >= 0.6 is 11.6 Å². The first kappa shape index (κ1) is 22.4. The lowest BCUT2D eigenvalue weighted by Gasteiger charge is -2.36. The SMILES string of the molecule is CC(=O)Nc1cccc(NC(=O)C(C)NC(=O)N2CCN(c3cccc(Cl)c3)CC2)c1. The standard InChI is InChI=1S/C22H26ClN5O3/c1-15(21(30)26-19-7-4-6-18(14-19)25-16(2)29)24-22(31)28-11-9-27(10-12-28)20-8-3-5-17(23)13-20/h3-8,13-15H,9-12H2,1-2H3,(H,24,31)(H,25,29)(H,26,30). The van der Waals surface area contributed by atoms with Crippen LogP contribution in [0.2, 0.25) is 5.02 Å². The van der Waals surface area contributed by atoms with Gasteiger partial charge in [0, 0.05) is 55.2 Å². The number of nitrogens with zero attached hydrogens (tertiary/aromatic N) is 2. The van der Waals surface area contributed by atoms with Gasteiger partial charge < -0.3 is 25.8 Å². The molecule has 1 heterocycles. The number of hydrogen-bond donors (Lipinski definition) is 3. The molecule has 3 N–H and O–H groups in total. The average molecular weight is 444 g/mol. The van der Waals surface area contributed by atoms with E-state index in [1.807, 2.05) is 24.3 Å². The van der Waals surface area contributed by atoms with Gasteiger partial charge in [-0.25, -0.2) is 4.79 Å². The quantitative estimate of drug-likeness (QED) is 0.661. The maximum absolute atomic E-state index is 12.6. The minimum Gasteiger partial charge on any atom is -0.368 e. The number of carbonyl (C=O) groups excluding carboxylic acids is 3. The van der Waals surface area contributed by atoms with E-state index >= 15 is 0 Å². The summed E-state index contributed by atoms with van der Waals surface area (Å²) in [6.07, 6.45) is 0. The molecule has 0 spiro atoms. The predicted molar refractivity (Wildman–Crippen MR) is 123 cm³/mol. The van der Waals surface area contributed by atoms with Gasteiger partial charge in [-0.3, -0.25) is 9.59 Å². The van der Waals surface area contributed by atoms with E-state index in [0.717, 1.165) is 5.69 Å². The molecule has 3 rings (SSSR count). The van der Waals surface area contributed by atoms with Crippen LogP contribution < -0.4 is 20.9 Å². The first-order valence-corrected chi connectivity index (χ1v) is 10.4. The van der Waals surface area contributed by atoms with Crippen molar-refractivity contribution < 1.29 is 14.4 Å². The number of piperazine rings is 1. The Labute approximate surface area is 186 Å². The van der Waals surface area contributed by atoms with E-state index in [-0.39, 0.29) is 17.8 Å². The molecule has 1 unspecified atom stereocenters. The first-order valence-electron chi connectivity index (χ1n) is 10.1. The molecule has 1 aliphatic heterocycles. The molecule has 31 heavy (non-hydrogen) atoms. The molecule has 2 aromatic rings. The van der Waals surface area contributed by atoms with Crippen molar-refractivity contribution in [2.45, 2.75) is 19.9 Å². The van der Waals surface area contributed by atoms with E-state index < -0.39 is 6.04 Å². The van der Waals surface area contributed by atoms with Crippen molar-refractivity contribution in [1.82, 2.24) is 10.2 Å². The van der Waals surface area contributed by atoms with Crippen molar-refractivity contribution in [3.63, 3.8) is 0 Å². The van der Waals surface area contributed by atoms with Crippen molar-refractivity contribution in [3.05, 3.63) is 53.6 Å². The second kappa shape index (κ2) is 10.2. The van der Waals surface area contributed by atoms with Crippen LogP contribution in [0.25, 0.3) is 0 Å². The number of rotatable bonds is 5. The van der Waals surface area contributed by atoms with Crippen molar-refractivity contribution in [2.75, 3.05) is 41.7 Å². The molecule has 4 amide bonds. The lowest BCUT2D eigenvalue weighted by atomic mass is 10.2. The number of anilines is 3. The number of urea groups is 1. The average Bonchev–Trinajstić information content (AvgIpc) is 2.73. The van der Waals surface area contributed by atoms with Crippen LogP contribution in [-0.4, -0.2) is 55.0 Å². The van der Waals surface area contributed by atoms with Gasteiger partial charge in [0.1, 0.15) is 6.04 Å². The fourth-order valence-electron chi connectivity index (χ4n) is 3.31. The molecule has 9 heteroatoms. The molecule has 8 nitrogen and oxygen atoms in total. The number of halogens is 1. The zero-order valence-corrected chi connectivity index (χ0v) is 18.3. The minimum absolute atomic E-state index is 0.195.